The molecule has 34 heavy (non-hydrogen) atoms. The van der Waals surface area contributed by atoms with Crippen molar-refractivity contribution in [1.29, 1.82) is 0 Å². The van der Waals surface area contributed by atoms with Crippen LogP contribution in [-0.4, -0.2) is 39.5 Å². The first-order chi connectivity index (χ1) is 16.7. The molecule has 5 aromatic rings. The molecule has 0 aliphatic heterocycles. The van der Waals surface area contributed by atoms with Crippen LogP contribution in [-0.2, 0) is 6.42 Å². The van der Waals surface area contributed by atoms with Gasteiger partial charge >= 0.3 is 0 Å². The summed E-state index contributed by atoms with van der Waals surface area (Å²) in [7, 11) is 0. The first-order valence-electron chi connectivity index (χ1n) is 11.9. The number of pyridine rings is 3. The Hall–Kier alpha value is -3.83. The number of aromatic nitrogens is 3. The molecule has 0 radical (unpaired) electrons. The van der Waals surface area contributed by atoms with Crippen LogP contribution in [0.15, 0.2) is 83.9 Å². The van der Waals surface area contributed by atoms with E-state index in [4.69, 9.17) is 4.98 Å². The number of nitrogens with one attached hydrogen (secondary N) is 1. The van der Waals surface area contributed by atoms with Gasteiger partial charge < -0.3 is 9.88 Å². The van der Waals surface area contributed by atoms with E-state index in [1.807, 2.05) is 42.6 Å². The molecule has 5 rings (SSSR count). The normalized spacial score (nSPS) is 11.5. The summed E-state index contributed by atoms with van der Waals surface area (Å²) in [5.74, 6) is 0. The Kier molecular flexibility index (Phi) is 6.19. The lowest BCUT2D eigenvalue weighted by Crippen LogP contribution is -2.27. The Bertz CT molecular complexity index is 1500. The highest BCUT2D eigenvalue weighted by Gasteiger charge is 2.15. The third kappa shape index (κ3) is 4.22. The van der Waals surface area contributed by atoms with Gasteiger partial charge in [0.2, 0.25) is 0 Å². The molecule has 0 spiro atoms. The molecule has 0 saturated carbocycles. The third-order valence-electron chi connectivity index (χ3n) is 6.49. The van der Waals surface area contributed by atoms with Gasteiger partial charge in [-0.1, -0.05) is 56.3 Å². The van der Waals surface area contributed by atoms with E-state index in [1.54, 1.807) is 6.20 Å². The third-order valence-corrected chi connectivity index (χ3v) is 6.49. The number of rotatable bonds is 7. The number of fused-ring (bicyclic) bond motifs is 2. The Labute approximate surface area is 199 Å². The summed E-state index contributed by atoms with van der Waals surface area (Å²) in [5.41, 5.74) is 6.22. The van der Waals surface area contributed by atoms with Crippen LogP contribution in [0.5, 0.6) is 0 Å². The average Bonchev–Trinajstić information content (AvgIpc) is 2.90. The van der Waals surface area contributed by atoms with Gasteiger partial charge in [-0.05, 0) is 49.3 Å². The van der Waals surface area contributed by atoms with E-state index in [0.29, 0.717) is 17.5 Å². The molecule has 2 aromatic carbocycles. The molecule has 170 valence electrons. The number of hydrogen-bond donors (Lipinski definition) is 1. The van der Waals surface area contributed by atoms with E-state index in [9.17, 15) is 4.79 Å². The second-order valence-electron chi connectivity index (χ2n) is 8.48. The molecule has 3 aromatic heterocycles. The molecule has 0 unspecified atom stereocenters. The summed E-state index contributed by atoms with van der Waals surface area (Å²) in [6.07, 6.45) is 4.34. The predicted molar refractivity (Wildman–Crippen MR) is 140 cm³/mol. The van der Waals surface area contributed by atoms with Crippen LogP contribution >= 0.6 is 0 Å². The monoisotopic (exact) mass is 448 g/mol. The Balaban J connectivity index is 1.68. The van der Waals surface area contributed by atoms with E-state index < -0.39 is 0 Å². The molecule has 1 N–H and O–H groups in total. The minimum atomic E-state index is 0.0525. The zero-order valence-corrected chi connectivity index (χ0v) is 19.6. The first-order valence-corrected chi connectivity index (χ1v) is 11.9. The van der Waals surface area contributed by atoms with Crippen molar-refractivity contribution in [3.05, 3.63) is 94.9 Å². The van der Waals surface area contributed by atoms with Crippen molar-refractivity contribution >= 4 is 21.9 Å². The van der Waals surface area contributed by atoms with E-state index in [-0.39, 0.29) is 5.43 Å². The van der Waals surface area contributed by atoms with Gasteiger partial charge in [0.25, 0.3) is 0 Å². The maximum Gasteiger partial charge on any atom is 0.194 e. The lowest BCUT2D eigenvalue weighted by Gasteiger charge is -2.17. The molecular formula is C29H28N4O. The number of nitrogens with zero attached hydrogens (tertiary/aromatic N) is 3. The number of H-pyrrole nitrogens is 1. The average molecular weight is 449 g/mol. The summed E-state index contributed by atoms with van der Waals surface area (Å²) in [4.78, 5) is 28.5. The molecule has 0 bridgehead atoms. The number of hydrogen-bond acceptors (Lipinski definition) is 4. The molecule has 0 aliphatic rings. The van der Waals surface area contributed by atoms with Gasteiger partial charge in [0.15, 0.2) is 5.43 Å². The van der Waals surface area contributed by atoms with Gasteiger partial charge in [0, 0.05) is 41.0 Å². The van der Waals surface area contributed by atoms with Gasteiger partial charge in [-0.3, -0.25) is 9.78 Å². The SMILES string of the molecule is CCN(CC)CCc1c[nH]c2nc(-c3ccccc3)c(-c3ccc4ncccc4c3)cc2c1=O. The molecule has 5 nitrogen and oxygen atoms in total. The van der Waals surface area contributed by atoms with Crippen LogP contribution in [0.3, 0.4) is 0 Å². The molecule has 0 saturated heterocycles. The highest BCUT2D eigenvalue weighted by atomic mass is 16.1. The molecule has 3 heterocycles. The van der Waals surface area contributed by atoms with Gasteiger partial charge in [0.1, 0.15) is 5.65 Å². The highest BCUT2D eigenvalue weighted by molar-refractivity contribution is 5.93. The largest absolute Gasteiger partial charge is 0.346 e. The zero-order chi connectivity index (χ0) is 23.5. The Morgan fingerprint density at radius 1 is 0.912 bits per heavy atom. The summed E-state index contributed by atoms with van der Waals surface area (Å²) < 4.78 is 0. The van der Waals surface area contributed by atoms with Crippen molar-refractivity contribution in [1.82, 2.24) is 19.9 Å². The van der Waals surface area contributed by atoms with Gasteiger partial charge in [-0.25, -0.2) is 4.98 Å². The second-order valence-corrected chi connectivity index (χ2v) is 8.48. The fourth-order valence-electron chi connectivity index (χ4n) is 4.47. The summed E-state index contributed by atoms with van der Waals surface area (Å²) in [6.45, 7) is 7.11. The molecular weight excluding hydrogens is 420 g/mol. The van der Waals surface area contributed by atoms with Crippen molar-refractivity contribution < 1.29 is 0 Å². The summed E-state index contributed by atoms with van der Waals surface area (Å²) >= 11 is 0. The van der Waals surface area contributed by atoms with Crippen LogP contribution in [0.4, 0.5) is 0 Å². The molecule has 0 aliphatic carbocycles. The fraction of sp³-hybridized carbons (Fsp3) is 0.207. The van der Waals surface area contributed by atoms with Crippen molar-refractivity contribution in [2.45, 2.75) is 20.3 Å². The highest BCUT2D eigenvalue weighted by Crippen LogP contribution is 2.33. The second kappa shape index (κ2) is 9.57. The molecule has 0 atom stereocenters. The van der Waals surface area contributed by atoms with Crippen LogP contribution in [0.1, 0.15) is 19.4 Å². The van der Waals surface area contributed by atoms with Gasteiger partial charge in [0.05, 0.1) is 16.6 Å². The van der Waals surface area contributed by atoms with Crippen molar-refractivity contribution in [3.63, 3.8) is 0 Å². The van der Waals surface area contributed by atoms with E-state index in [0.717, 1.165) is 58.5 Å². The van der Waals surface area contributed by atoms with Gasteiger partial charge in [-0.2, -0.15) is 0 Å². The smallest absolute Gasteiger partial charge is 0.194 e. The fourth-order valence-corrected chi connectivity index (χ4v) is 4.47. The predicted octanol–water partition coefficient (Wildman–Crippen LogP) is 5.69. The molecule has 0 amide bonds. The van der Waals surface area contributed by atoms with Gasteiger partial charge in [-0.15, -0.1) is 0 Å². The van der Waals surface area contributed by atoms with Crippen LogP contribution in [0, 0.1) is 0 Å². The standard InChI is InChI=1S/C29H28N4O/c1-3-33(4-2)16-14-23-19-31-29-25(28(23)34)18-24(27(32-29)20-9-6-5-7-10-20)21-12-13-26-22(17-21)11-8-15-30-26/h5-13,15,17-19H,3-4,14,16H2,1-2H3,(H,31,32,34). The van der Waals surface area contributed by atoms with E-state index >= 15 is 0 Å². The van der Waals surface area contributed by atoms with E-state index in [2.05, 4.69) is 59.0 Å². The molecule has 0 fully saturated rings. The van der Waals surface area contributed by atoms with Crippen molar-refractivity contribution in [2.75, 3.05) is 19.6 Å². The zero-order valence-electron chi connectivity index (χ0n) is 19.6. The molecule has 5 heteroatoms. The van der Waals surface area contributed by atoms with E-state index in [1.165, 1.54) is 0 Å². The lowest BCUT2D eigenvalue weighted by atomic mass is 9.96. The number of aromatic amines is 1. The van der Waals surface area contributed by atoms with Crippen LogP contribution in [0.2, 0.25) is 0 Å². The van der Waals surface area contributed by atoms with Crippen molar-refractivity contribution in [3.8, 4) is 22.4 Å². The summed E-state index contributed by atoms with van der Waals surface area (Å²) in [5, 5.41) is 1.68. The Morgan fingerprint density at radius 3 is 2.53 bits per heavy atom. The first kappa shape index (κ1) is 22.0. The van der Waals surface area contributed by atoms with Crippen LogP contribution in [0.25, 0.3) is 44.3 Å². The Morgan fingerprint density at radius 2 is 1.74 bits per heavy atom. The minimum Gasteiger partial charge on any atom is -0.346 e. The minimum absolute atomic E-state index is 0.0525. The van der Waals surface area contributed by atoms with Crippen molar-refractivity contribution in [2.24, 2.45) is 0 Å². The summed E-state index contributed by atoms with van der Waals surface area (Å²) in [6, 6.07) is 22.3. The number of benzene rings is 2. The maximum atomic E-state index is 13.5. The number of likely N-dealkylation sites (N-methyl/N-ethyl adjacent to an activating group) is 1. The maximum absolute atomic E-state index is 13.5. The topological polar surface area (TPSA) is 61.9 Å². The lowest BCUT2D eigenvalue weighted by molar-refractivity contribution is 0.307. The quantitative estimate of drug-likeness (QED) is 0.347. The van der Waals surface area contributed by atoms with Crippen LogP contribution < -0.4 is 5.43 Å².